The molecule has 21 heavy (non-hydrogen) atoms. The Morgan fingerprint density at radius 3 is 2.67 bits per heavy atom. The number of benzene rings is 1. The van der Waals surface area contributed by atoms with Gasteiger partial charge in [0.2, 0.25) is 0 Å². The molecule has 1 rings (SSSR count). The molecule has 0 aliphatic heterocycles. The van der Waals surface area contributed by atoms with Crippen molar-refractivity contribution < 1.29 is 24.9 Å². The molecule has 0 spiro atoms. The number of ether oxygens (including phenoxy) is 1. The Hall–Kier alpha value is -1.75. The first kappa shape index (κ1) is 17.3. The standard InChI is InChI=1S/C16H24O5/c1-12(17)9-10-21-16(20)6-4-2-3-5-13-7-8-14(18)11-15(13)19/h7-8,11-12,17-19H,2-6,9-10H2,1H3. The van der Waals surface area contributed by atoms with Gasteiger partial charge in [0.15, 0.2) is 0 Å². The van der Waals surface area contributed by atoms with Crippen molar-refractivity contribution in [3.8, 4) is 11.5 Å². The van der Waals surface area contributed by atoms with Crippen LogP contribution in [0, 0.1) is 0 Å². The molecule has 1 unspecified atom stereocenters. The normalized spacial score (nSPS) is 12.1. The maximum absolute atomic E-state index is 11.4. The fraction of sp³-hybridized carbons (Fsp3) is 0.562. The van der Waals surface area contributed by atoms with E-state index in [0.29, 0.717) is 19.3 Å². The Balaban J connectivity index is 2.10. The Bertz CT molecular complexity index is 442. The maximum Gasteiger partial charge on any atom is 0.305 e. The summed E-state index contributed by atoms with van der Waals surface area (Å²) in [5, 5.41) is 27.8. The predicted molar refractivity (Wildman–Crippen MR) is 79.2 cm³/mol. The van der Waals surface area contributed by atoms with Gasteiger partial charge < -0.3 is 20.1 Å². The molecule has 0 aliphatic carbocycles. The van der Waals surface area contributed by atoms with Crippen molar-refractivity contribution in [2.24, 2.45) is 0 Å². The molecule has 3 N–H and O–H groups in total. The van der Waals surface area contributed by atoms with Crippen LogP contribution < -0.4 is 0 Å². The largest absolute Gasteiger partial charge is 0.508 e. The van der Waals surface area contributed by atoms with Gasteiger partial charge in [-0.05, 0) is 37.8 Å². The van der Waals surface area contributed by atoms with Crippen LogP contribution in [0.1, 0.15) is 44.6 Å². The van der Waals surface area contributed by atoms with Crippen molar-refractivity contribution in [1.29, 1.82) is 0 Å². The van der Waals surface area contributed by atoms with E-state index in [0.717, 1.165) is 24.8 Å². The van der Waals surface area contributed by atoms with E-state index in [1.165, 1.54) is 6.07 Å². The molecule has 0 radical (unpaired) electrons. The molecule has 1 atom stereocenters. The molecule has 1 aromatic carbocycles. The summed E-state index contributed by atoms with van der Waals surface area (Å²) >= 11 is 0. The number of aryl methyl sites for hydroxylation is 1. The predicted octanol–water partition coefficient (Wildman–Crippen LogP) is 2.51. The fourth-order valence-electron chi connectivity index (χ4n) is 1.94. The molecule has 118 valence electrons. The molecule has 0 aromatic heterocycles. The zero-order valence-corrected chi connectivity index (χ0v) is 12.4. The van der Waals surface area contributed by atoms with Gasteiger partial charge in [0, 0.05) is 18.9 Å². The van der Waals surface area contributed by atoms with E-state index < -0.39 is 6.10 Å². The van der Waals surface area contributed by atoms with E-state index in [1.54, 1.807) is 19.1 Å². The second kappa shape index (κ2) is 9.23. The summed E-state index contributed by atoms with van der Waals surface area (Å²) in [7, 11) is 0. The molecular weight excluding hydrogens is 272 g/mol. The highest BCUT2D eigenvalue weighted by Crippen LogP contribution is 2.24. The van der Waals surface area contributed by atoms with Gasteiger partial charge in [-0.2, -0.15) is 0 Å². The van der Waals surface area contributed by atoms with Gasteiger partial charge in [0.25, 0.3) is 0 Å². The number of aliphatic hydroxyl groups is 1. The Labute approximate surface area is 125 Å². The number of aromatic hydroxyl groups is 2. The van der Waals surface area contributed by atoms with E-state index in [-0.39, 0.29) is 24.1 Å². The van der Waals surface area contributed by atoms with Crippen LogP contribution in [0.25, 0.3) is 0 Å². The van der Waals surface area contributed by atoms with E-state index in [1.807, 2.05) is 0 Å². The summed E-state index contributed by atoms with van der Waals surface area (Å²) in [6, 6.07) is 4.58. The van der Waals surface area contributed by atoms with Crippen LogP contribution in [-0.2, 0) is 16.0 Å². The highest BCUT2D eigenvalue weighted by atomic mass is 16.5. The first-order valence-electron chi connectivity index (χ1n) is 7.33. The number of aliphatic hydroxyl groups excluding tert-OH is 1. The van der Waals surface area contributed by atoms with Crippen molar-refractivity contribution in [1.82, 2.24) is 0 Å². The van der Waals surface area contributed by atoms with E-state index in [4.69, 9.17) is 9.84 Å². The summed E-state index contributed by atoms with van der Waals surface area (Å²) in [5.74, 6) is -0.0770. The topological polar surface area (TPSA) is 87.0 Å². The summed E-state index contributed by atoms with van der Waals surface area (Å²) in [4.78, 5) is 11.4. The van der Waals surface area contributed by atoms with E-state index >= 15 is 0 Å². The van der Waals surface area contributed by atoms with Crippen molar-refractivity contribution in [3.63, 3.8) is 0 Å². The molecule has 0 amide bonds. The van der Waals surface area contributed by atoms with Crippen molar-refractivity contribution >= 4 is 5.97 Å². The van der Waals surface area contributed by atoms with Crippen LogP contribution in [-0.4, -0.2) is 34.0 Å². The van der Waals surface area contributed by atoms with Crippen molar-refractivity contribution in [2.45, 2.75) is 51.6 Å². The number of carbonyl (C=O) groups excluding carboxylic acids is 1. The zero-order chi connectivity index (χ0) is 15.7. The van der Waals surface area contributed by atoms with Crippen LogP contribution in [0.5, 0.6) is 11.5 Å². The molecule has 0 fully saturated rings. The number of hydrogen-bond acceptors (Lipinski definition) is 5. The minimum atomic E-state index is -0.448. The molecular formula is C16H24O5. The molecule has 0 heterocycles. The van der Waals surface area contributed by atoms with Gasteiger partial charge in [0.1, 0.15) is 11.5 Å². The molecule has 0 aliphatic rings. The Morgan fingerprint density at radius 2 is 2.00 bits per heavy atom. The van der Waals surface area contributed by atoms with Crippen LogP contribution in [0.15, 0.2) is 18.2 Å². The van der Waals surface area contributed by atoms with Gasteiger partial charge in [-0.15, -0.1) is 0 Å². The SMILES string of the molecule is CC(O)CCOC(=O)CCCCCc1ccc(O)cc1O. The number of hydrogen-bond donors (Lipinski definition) is 3. The number of phenolic OH excluding ortho intramolecular Hbond substituents is 2. The number of phenols is 2. The zero-order valence-electron chi connectivity index (χ0n) is 12.4. The number of esters is 1. The minimum absolute atomic E-state index is 0.0520. The third-order valence-corrected chi connectivity index (χ3v) is 3.19. The Morgan fingerprint density at radius 1 is 1.24 bits per heavy atom. The van der Waals surface area contributed by atoms with E-state index in [2.05, 4.69) is 0 Å². The first-order chi connectivity index (χ1) is 9.99. The van der Waals surface area contributed by atoms with Crippen molar-refractivity contribution in [3.05, 3.63) is 23.8 Å². The van der Waals surface area contributed by atoms with Crippen LogP contribution >= 0.6 is 0 Å². The van der Waals surface area contributed by atoms with Gasteiger partial charge >= 0.3 is 5.97 Å². The second-order valence-electron chi connectivity index (χ2n) is 5.23. The first-order valence-corrected chi connectivity index (χ1v) is 7.33. The highest BCUT2D eigenvalue weighted by Gasteiger charge is 2.05. The number of carbonyl (C=O) groups is 1. The highest BCUT2D eigenvalue weighted by molar-refractivity contribution is 5.69. The molecule has 0 saturated heterocycles. The van der Waals surface area contributed by atoms with Crippen LogP contribution in [0.3, 0.4) is 0 Å². The molecule has 5 heteroatoms. The summed E-state index contributed by atoms with van der Waals surface area (Å²) in [5.41, 5.74) is 0.798. The lowest BCUT2D eigenvalue weighted by atomic mass is 10.1. The summed E-state index contributed by atoms with van der Waals surface area (Å²) < 4.78 is 4.98. The van der Waals surface area contributed by atoms with Gasteiger partial charge in [0.05, 0.1) is 12.7 Å². The summed E-state index contributed by atoms with van der Waals surface area (Å²) in [6.45, 7) is 1.92. The van der Waals surface area contributed by atoms with Crippen molar-refractivity contribution in [2.75, 3.05) is 6.61 Å². The van der Waals surface area contributed by atoms with Gasteiger partial charge in [-0.1, -0.05) is 12.5 Å². The smallest absolute Gasteiger partial charge is 0.305 e. The number of rotatable bonds is 9. The quantitative estimate of drug-likeness (QED) is 0.481. The van der Waals surface area contributed by atoms with E-state index in [9.17, 15) is 15.0 Å². The van der Waals surface area contributed by atoms with Crippen LogP contribution in [0.2, 0.25) is 0 Å². The van der Waals surface area contributed by atoms with Gasteiger partial charge in [-0.25, -0.2) is 0 Å². The monoisotopic (exact) mass is 296 g/mol. The molecule has 0 saturated carbocycles. The minimum Gasteiger partial charge on any atom is -0.508 e. The molecule has 0 bridgehead atoms. The lowest BCUT2D eigenvalue weighted by Crippen LogP contribution is -2.10. The van der Waals surface area contributed by atoms with Gasteiger partial charge in [-0.3, -0.25) is 4.79 Å². The number of unbranched alkanes of at least 4 members (excludes halogenated alkanes) is 2. The summed E-state index contributed by atoms with van der Waals surface area (Å²) in [6.07, 6.45) is 3.57. The molecule has 1 aromatic rings. The third-order valence-electron chi connectivity index (χ3n) is 3.19. The third kappa shape index (κ3) is 7.56. The molecule has 5 nitrogen and oxygen atoms in total. The maximum atomic E-state index is 11.4. The fourth-order valence-corrected chi connectivity index (χ4v) is 1.94. The second-order valence-corrected chi connectivity index (χ2v) is 5.23. The average molecular weight is 296 g/mol. The Kier molecular flexibility index (Phi) is 7.61. The lowest BCUT2D eigenvalue weighted by Gasteiger charge is -2.07. The van der Waals surface area contributed by atoms with Crippen LogP contribution in [0.4, 0.5) is 0 Å². The lowest BCUT2D eigenvalue weighted by molar-refractivity contribution is -0.144. The average Bonchev–Trinajstić information content (AvgIpc) is 2.40.